The predicted octanol–water partition coefficient (Wildman–Crippen LogP) is 4.59. The van der Waals surface area contributed by atoms with Gasteiger partial charge in [-0.05, 0) is 73.2 Å². The summed E-state index contributed by atoms with van der Waals surface area (Å²) in [5.74, 6) is -1.26. The van der Waals surface area contributed by atoms with Crippen molar-refractivity contribution < 1.29 is 41.4 Å². The smallest absolute Gasteiger partial charge is 0.333 e. The summed E-state index contributed by atoms with van der Waals surface area (Å²) in [7, 11) is -8.08. The molecule has 0 unspecified atom stereocenters. The van der Waals surface area contributed by atoms with Crippen LogP contribution in [0.4, 0.5) is 10.5 Å². The number of aromatic hydroxyl groups is 2. The van der Waals surface area contributed by atoms with E-state index < -0.39 is 37.6 Å². The Morgan fingerprint density at radius 1 is 0.721 bits per heavy atom. The fourth-order valence-electron chi connectivity index (χ4n) is 3.95. The molecule has 0 aliphatic carbocycles. The predicted molar refractivity (Wildman–Crippen MR) is 162 cm³/mol. The molecule has 0 bridgehead atoms. The number of phenolic OH excluding ortho intramolecular Hbond substituents is 2. The van der Waals surface area contributed by atoms with Crippen molar-refractivity contribution in [2.45, 2.75) is 63.2 Å². The van der Waals surface area contributed by atoms with Crippen LogP contribution in [0.1, 0.15) is 85.2 Å². The Morgan fingerprint density at radius 3 is 1.53 bits per heavy atom. The van der Waals surface area contributed by atoms with Crippen LogP contribution in [0.25, 0.3) is 0 Å². The topological polar surface area (TPSA) is 210 Å². The largest absolute Gasteiger partial charge is 0.507 e. The van der Waals surface area contributed by atoms with Crippen molar-refractivity contribution >= 4 is 43.3 Å². The summed E-state index contributed by atoms with van der Waals surface area (Å²) in [5.41, 5.74) is 2.18. The number of hydrogen-bond acceptors (Lipinski definition) is 9. The number of phenols is 2. The molecule has 0 aromatic heterocycles. The minimum Gasteiger partial charge on any atom is -0.507 e. The summed E-state index contributed by atoms with van der Waals surface area (Å²) in [6.45, 7) is 10.4. The zero-order chi connectivity index (χ0) is 32.9. The molecule has 3 rings (SSSR count). The molecule has 43 heavy (non-hydrogen) atoms. The number of ketones is 2. The van der Waals surface area contributed by atoms with Gasteiger partial charge >= 0.3 is 6.03 Å². The molecule has 3 aromatic rings. The minimum absolute atomic E-state index is 0.0588. The van der Waals surface area contributed by atoms with Gasteiger partial charge in [-0.15, -0.1) is 0 Å². The lowest BCUT2D eigenvalue weighted by Crippen LogP contribution is -2.35. The number of hydrogen-bond donors (Lipinski definition) is 5. The maximum Gasteiger partial charge on any atom is 0.333 e. The van der Waals surface area contributed by atoms with E-state index in [0.29, 0.717) is 5.69 Å². The molecule has 0 radical (unpaired) electrons. The Bertz CT molecular complexity index is 1740. The molecular formula is C29H35N3O9S2. The van der Waals surface area contributed by atoms with Gasteiger partial charge in [0.15, 0.2) is 11.6 Å². The molecule has 14 heteroatoms. The van der Waals surface area contributed by atoms with Gasteiger partial charge in [0.2, 0.25) is 10.0 Å². The summed E-state index contributed by atoms with van der Waals surface area (Å²) in [6, 6.07) is 11.4. The van der Waals surface area contributed by atoms with E-state index in [1.54, 1.807) is 0 Å². The van der Waals surface area contributed by atoms with E-state index in [1.807, 2.05) is 50.6 Å². The quantitative estimate of drug-likeness (QED) is 0.219. The van der Waals surface area contributed by atoms with Gasteiger partial charge < -0.3 is 15.5 Å². The first-order valence-electron chi connectivity index (χ1n) is 12.9. The van der Waals surface area contributed by atoms with E-state index in [4.69, 9.17) is 5.14 Å². The highest BCUT2D eigenvalue weighted by atomic mass is 32.2. The van der Waals surface area contributed by atoms with E-state index in [2.05, 4.69) is 5.32 Å². The number of rotatable bonds is 8. The standard InChI is InChI=1S/C21H26N2O5S.C8H9NO4S/c1-12(2)16-7-6-8-17(13(3)4)20(16)22-21(26)23-29(27,28)15-9-10-19(25)18(11-15)14(5)24;1-5(10)7-4-6(14(9,12)13)2-3-8(7)11/h6-13,25H,1-5H3,(H2,22,23,26);2-4,11H,1H3,(H2,9,12,13). The Morgan fingerprint density at radius 2 is 1.14 bits per heavy atom. The molecule has 0 heterocycles. The third kappa shape index (κ3) is 9.11. The highest BCUT2D eigenvalue weighted by molar-refractivity contribution is 7.90. The molecule has 6 N–H and O–H groups in total. The fourth-order valence-corrected chi connectivity index (χ4v) is 5.43. The normalized spacial score (nSPS) is 11.5. The Balaban J connectivity index is 0.000000385. The lowest BCUT2D eigenvalue weighted by Gasteiger charge is -2.20. The van der Waals surface area contributed by atoms with Crippen molar-refractivity contribution in [3.05, 3.63) is 76.9 Å². The SMILES string of the molecule is CC(=O)c1cc(S(=O)(=O)NC(=O)Nc2c(C(C)C)cccc2C(C)C)ccc1O.CC(=O)c1cc(S(N)(=O)=O)ccc1O. The zero-order valence-electron chi connectivity index (χ0n) is 24.5. The number of benzene rings is 3. The maximum absolute atomic E-state index is 12.6. The first-order chi connectivity index (χ1) is 19.8. The number of primary sulfonamides is 1. The third-order valence-corrected chi connectivity index (χ3v) is 8.41. The zero-order valence-corrected chi connectivity index (χ0v) is 26.1. The number of carbonyl (C=O) groups is 3. The molecule has 0 atom stereocenters. The minimum atomic E-state index is -4.24. The van der Waals surface area contributed by atoms with Crippen molar-refractivity contribution in [3.63, 3.8) is 0 Å². The van der Waals surface area contributed by atoms with Crippen LogP contribution in [0.2, 0.25) is 0 Å². The number of nitrogens with two attached hydrogens (primary N) is 1. The summed E-state index contributed by atoms with van der Waals surface area (Å²) in [6.07, 6.45) is 0. The molecule has 0 saturated heterocycles. The molecule has 0 fully saturated rings. The van der Waals surface area contributed by atoms with E-state index in [-0.39, 0.29) is 44.3 Å². The van der Waals surface area contributed by atoms with Gasteiger partial charge in [0, 0.05) is 5.69 Å². The van der Waals surface area contributed by atoms with Crippen LogP contribution in [0.3, 0.4) is 0 Å². The first-order valence-corrected chi connectivity index (χ1v) is 16.0. The van der Waals surface area contributed by atoms with Crippen LogP contribution in [0, 0.1) is 0 Å². The number of anilines is 1. The number of para-hydroxylation sites is 1. The van der Waals surface area contributed by atoms with E-state index in [1.165, 1.54) is 13.8 Å². The fraction of sp³-hybridized carbons (Fsp3) is 0.276. The third-order valence-electron chi connectivity index (χ3n) is 6.17. The Labute approximate surface area is 251 Å². The molecule has 2 amide bonds. The number of urea groups is 1. The second kappa shape index (κ2) is 13.8. The van der Waals surface area contributed by atoms with Crippen LogP contribution >= 0.6 is 0 Å². The summed E-state index contributed by atoms with van der Waals surface area (Å²) < 4.78 is 49.0. The molecule has 0 aliphatic heterocycles. The van der Waals surface area contributed by atoms with Crippen molar-refractivity contribution in [2.75, 3.05) is 5.32 Å². The number of Topliss-reactive ketones (excluding diaryl/α,β-unsaturated/α-hetero) is 2. The summed E-state index contributed by atoms with van der Waals surface area (Å²) in [5, 5.41) is 26.4. The van der Waals surface area contributed by atoms with Gasteiger partial charge in [-0.2, -0.15) is 0 Å². The van der Waals surface area contributed by atoms with Crippen molar-refractivity contribution in [1.82, 2.24) is 4.72 Å². The molecule has 12 nitrogen and oxygen atoms in total. The van der Waals surface area contributed by atoms with E-state index >= 15 is 0 Å². The lowest BCUT2D eigenvalue weighted by molar-refractivity contribution is 0.100. The van der Waals surface area contributed by atoms with Crippen LogP contribution < -0.4 is 15.2 Å². The molecule has 3 aromatic carbocycles. The highest BCUT2D eigenvalue weighted by Crippen LogP contribution is 2.32. The second-order valence-corrected chi connectivity index (χ2v) is 13.4. The van der Waals surface area contributed by atoms with Gasteiger partial charge in [-0.25, -0.2) is 31.5 Å². The lowest BCUT2D eigenvalue weighted by atomic mass is 9.93. The maximum atomic E-state index is 12.6. The van der Waals surface area contributed by atoms with E-state index in [9.17, 15) is 41.4 Å². The average Bonchev–Trinajstić information content (AvgIpc) is 2.87. The Hall–Kier alpha value is -4.27. The summed E-state index contributed by atoms with van der Waals surface area (Å²) in [4.78, 5) is 34.5. The van der Waals surface area contributed by atoms with E-state index in [0.717, 1.165) is 47.5 Å². The molecular weight excluding hydrogens is 598 g/mol. The van der Waals surface area contributed by atoms with Gasteiger partial charge in [0.1, 0.15) is 11.5 Å². The van der Waals surface area contributed by atoms with Crippen LogP contribution in [0.5, 0.6) is 11.5 Å². The molecule has 0 aliphatic rings. The summed E-state index contributed by atoms with van der Waals surface area (Å²) >= 11 is 0. The van der Waals surface area contributed by atoms with Crippen LogP contribution in [-0.2, 0) is 20.0 Å². The molecule has 0 saturated carbocycles. The average molecular weight is 634 g/mol. The highest BCUT2D eigenvalue weighted by Gasteiger charge is 2.22. The monoisotopic (exact) mass is 633 g/mol. The first kappa shape index (κ1) is 34.9. The van der Waals surface area contributed by atoms with Gasteiger partial charge in [-0.3, -0.25) is 9.59 Å². The van der Waals surface area contributed by atoms with Gasteiger partial charge in [0.25, 0.3) is 10.0 Å². The molecule has 232 valence electrons. The number of nitrogens with one attached hydrogen (secondary N) is 2. The Kier molecular flexibility index (Phi) is 11.2. The van der Waals surface area contributed by atoms with Crippen molar-refractivity contribution in [3.8, 4) is 11.5 Å². The van der Waals surface area contributed by atoms with Crippen LogP contribution in [-0.4, -0.2) is 44.6 Å². The number of sulfonamides is 2. The van der Waals surface area contributed by atoms with Crippen molar-refractivity contribution in [1.29, 1.82) is 0 Å². The van der Waals surface area contributed by atoms with Crippen molar-refractivity contribution in [2.24, 2.45) is 5.14 Å². The number of carbonyl (C=O) groups excluding carboxylic acids is 3. The van der Waals surface area contributed by atoms with Gasteiger partial charge in [0.05, 0.1) is 20.9 Å². The second-order valence-electron chi connectivity index (χ2n) is 10.2. The molecule has 0 spiro atoms. The van der Waals surface area contributed by atoms with Gasteiger partial charge in [-0.1, -0.05) is 45.9 Å². The van der Waals surface area contributed by atoms with Crippen LogP contribution in [0.15, 0.2) is 64.4 Å². The number of amides is 2.